The smallest absolute Gasteiger partial charge is 0.168 e. The van der Waals surface area contributed by atoms with Crippen molar-refractivity contribution in [2.45, 2.75) is 0 Å². The quantitative estimate of drug-likeness (QED) is 0.650. The van der Waals surface area contributed by atoms with E-state index in [4.69, 9.17) is 5.11 Å². The Morgan fingerprint density at radius 2 is 1.70 bits per heavy atom. The fourth-order valence-corrected chi connectivity index (χ4v) is 0.838. The van der Waals surface area contributed by atoms with Crippen molar-refractivity contribution in [2.24, 2.45) is 0 Å². The molecule has 0 aliphatic rings. The van der Waals surface area contributed by atoms with Crippen LogP contribution in [0.25, 0.3) is 0 Å². The van der Waals surface area contributed by atoms with Gasteiger partial charge in [-0.1, -0.05) is 0 Å². The number of phenols is 1. The van der Waals surface area contributed by atoms with Crippen LogP contribution in [0.2, 0.25) is 0 Å². The summed E-state index contributed by atoms with van der Waals surface area (Å²) < 4.78 is 24.5. The van der Waals surface area contributed by atoms with Gasteiger partial charge in [0.1, 0.15) is 5.82 Å². The maximum Gasteiger partial charge on any atom is 0.168 e. The number of hydrogen-bond donors (Lipinski definition) is 1. The lowest BCUT2D eigenvalue weighted by molar-refractivity contribution is 0.422. The van der Waals surface area contributed by atoms with Crippen LogP contribution in [0.5, 0.6) is 5.75 Å². The molecular formula is C6H3BrF2O. The third-order valence-corrected chi connectivity index (χ3v) is 1.77. The summed E-state index contributed by atoms with van der Waals surface area (Å²) in [5.74, 6) is -2.22. The number of rotatable bonds is 0. The van der Waals surface area contributed by atoms with Crippen LogP contribution in [0.15, 0.2) is 16.6 Å². The molecule has 0 aliphatic carbocycles. The van der Waals surface area contributed by atoms with E-state index in [9.17, 15) is 8.78 Å². The summed E-state index contributed by atoms with van der Waals surface area (Å²) >= 11 is 2.66. The zero-order valence-corrected chi connectivity index (χ0v) is 6.32. The molecule has 54 valence electrons. The van der Waals surface area contributed by atoms with Crippen molar-refractivity contribution in [3.8, 4) is 5.75 Å². The Hall–Kier alpha value is -0.640. The molecule has 1 aromatic rings. The van der Waals surface area contributed by atoms with Crippen LogP contribution in [0.4, 0.5) is 8.78 Å². The van der Waals surface area contributed by atoms with Crippen molar-refractivity contribution < 1.29 is 13.9 Å². The predicted molar refractivity (Wildman–Crippen MR) is 35.7 cm³/mol. The lowest BCUT2D eigenvalue weighted by Crippen LogP contribution is -1.81. The molecule has 0 bridgehead atoms. The van der Waals surface area contributed by atoms with Gasteiger partial charge < -0.3 is 5.11 Å². The number of benzene rings is 1. The normalized spacial score (nSPS) is 9.90. The zero-order valence-electron chi connectivity index (χ0n) is 4.74. The molecule has 0 spiro atoms. The monoisotopic (exact) mass is 208 g/mol. The van der Waals surface area contributed by atoms with Gasteiger partial charge in [-0.3, -0.25) is 0 Å². The SMILES string of the molecule is Oc1c(F)ccc(F)c1Br. The molecule has 0 aliphatic heterocycles. The van der Waals surface area contributed by atoms with E-state index >= 15 is 0 Å². The summed E-state index contributed by atoms with van der Waals surface area (Å²) in [6, 6.07) is 1.79. The first-order valence-corrected chi connectivity index (χ1v) is 3.24. The van der Waals surface area contributed by atoms with Gasteiger partial charge in [0.25, 0.3) is 0 Å². The number of hydrogen-bond acceptors (Lipinski definition) is 1. The first-order valence-electron chi connectivity index (χ1n) is 2.45. The summed E-state index contributed by atoms with van der Waals surface area (Å²) in [5, 5.41) is 8.73. The first kappa shape index (κ1) is 7.47. The Bertz CT molecular complexity index is 235. The van der Waals surface area contributed by atoms with Gasteiger partial charge in [-0.15, -0.1) is 0 Å². The van der Waals surface area contributed by atoms with E-state index in [0.717, 1.165) is 12.1 Å². The minimum absolute atomic E-state index is 0.243. The van der Waals surface area contributed by atoms with Crippen molar-refractivity contribution in [3.05, 3.63) is 28.2 Å². The molecule has 1 nitrogen and oxygen atoms in total. The van der Waals surface area contributed by atoms with E-state index in [-0.39, 0.29) is 4.47 Å². The first-order chi connectivity index (χ1) is 4.63. The maximum atomic E-state index is 12.4. The standard InChI is InChI=1S/C6H3BrF2O/c7-5-3(8)1-2-4(9)6(5)10/h1-2,10H. The molecule has 0 aromatic heterocycles. The van der Waals surface area contributed by atoms with Crippen LogP contribution in [-0.2, 0) is 0 Å². The van der Waals surface area contributed by atoms with E-state index in [0.29, 0.717) is 0 Å². The predicted octanol–water partition coefficient (Wildman–Crippen LogP) is 2.43. The molecule has 0 radical (unpaired) electrons. The van der Waals surface area contributed by atoms with Crippen LogP contribution < -0.4 is 0 Å². The average molecular weight is 209 g/mol. The molecule has 1 N–H and O–H groups in total. The maximum absolute atomic E-state index is 12.4. The Morgan fingerprint density at radius 1 is 1.20 bits per heavy atom. The molecule has 4 heteroatoms. The second kappa shape index (κ2) is 2.54. The molecule has 0 amide bonds. The van der Waals surface area contributed by atoms with Gasteiger partial charge >= 0.3 is 0 Å². The minimum atomic E-state index is -0.840. The highest BCUT2D eigenvalue weighted by atomic mass is 79.9. The highest BCUT2D eigenvalue weighted by molar-refractivity contribution is 9.10. The number of halogens is 3. The number of aromatic hydroxyl groups is 1. The van der Waals surface area contributed by atoms with Crippen molar-refractivity contribution in [1.29, 1.82) is 0 Å². The highest BCUT2D eigenvalue weighted by Gasteiger charge is 2.08. The van der Waals surface area contributed by atoms with Gasteiger partial charge in [0.05, 0.1) is 4.47 Å². The molecule has 0 fully saturated rings. The van der Waals surface area contributed by atoms with E-state index < -0.39 is 17.4 Å². The Labute approximate surface area is 64.4 Å². The van der Waals surface area contributed by atoms with Crippen LogP contribution in [0.1, 0.15) is 0 Å². The van der Waals surface area contributed by atoms with Gasteiger partial charge in [0.2, 0.25) is 0 Å². The molecule has 10 heavy (non-hydrogen) atoms. The van der Waals surface area contributed by atoms with Crippen molar-refractivity contribution in [2.75, 3.05) is 0 Å². The van der Waals surface area contributed by atoms with Crippen molar-refractivity contribution in [3.63, 3.8) is 0 Å². The van der Waals surface area contributed by atoms with Crippen molar-refractivity contribution in [1.82, 2.24) is 0 Å². The summed E-state index contributed by atoms with van der Waals surface area (Å²) in [4.78, 5) is 0. The van der Waals surface area contributed by atoms with Gasteiger partial charge in [0, 0.05) is 0 Å². The average Bonchev–Trinajstić information content (AvgIpc) is 1.93. The third-order valence-electron chi connectivity index (χ3n) is 1.02. The van der Waals surface area contributed by atoms with Gasteiger partial charge in [-0.05, 0) is 28.1 Å². The highest BCUT2D eigenvalue weighted by Crippen LogP contribution is 2.28. The van der Waals surface area contributed by atoms with Crippen molar-refractivity contribution >= 4 is 15.9 Å². The molecule has 0 saturated carbocycles. The lowest BCUT2D eigenvalue weighted by atomic mass is 10.3. The minimum Gasteiger partial charge on any atom is -0.504 e. The zero-order chi connectivity index (χ0) is 7.72. The summed E-state index contributed by atoms with van der Waals surface area (Å²) in [5.41, 5.74) is 0. The van der Waals surface area contributed by atoms with E-state index in [2.05, 4.69) is 15.9 Å². The Balaban J connectivity index is 3.34. The van der Waals surface area contributed by atoms with Gasteiger partial charge in [-0.2, -0.15) is 0 Å². The Morgan fingerprint density at radius 3 is 2.20 bits per heavy atom. The van der Waals surface area contributed by atoms with E-state index in [1.165, 1.54) is 0 Å². The van der Waals surface area contributed by atoms with Crippen LogP contribution in [0, 0.1) is 11.6 Å². The lowest BCUT2D eigenvalue weighted by Gasteiger charge is -1.97. The third kappa shape index (κ3) is 1.11. The fourth-order valence-electron chi connectivity index (χ4n) is 0.516. The van der Waals surface area contributed by atoms with E-state index in [1.54, 1.807) is 0 Å². The Kier molecular flexibility index (Phi) is 1.89. The molecular weight excluding hydrogens is 206 g/mol. The van der Waals surface area contributed by atoms with Crippen LogP contribution >= 0.6 is 15.9 Å². The molecule has 0 heterocycles. The second-order valence-corrected chi connectivity index (χ2v) is 2.48. The van der Waals surface area contributed by atoms with Crippen LogP contribution in [0.3, 0.4) is 0 Å². The summed E-state index contributed by atoms with van der Waals surface area (Å²) in [6.45, 7) is 0. The fraction of sp³-hybridized carbons (Fsp3) is 0. The second-order valence-electron chi connectivity index (χ2n) is 1.69. The molecule has 1 aromatic carbocycles. The van der Waals surface area contributed by atoms with Gasteiger partial charge in [-0.25, -0.2) is 8.78 Å². The number of phenolic OH excluding ortho intramolecular Hbond substituents is 1. The summed E-state index contributed by atoms with van der Waals surface area (Å²) in [6.07, 6.45) is 0. The topological polar surface area (TPSA) is 20.2 Å². The molecule has 1 rings (SSSR count). The van der Waals surface area contributed by atoms with Crippen LogP contribution in [-0.4, -0.2) is 5.11 Å². The largest absolute Gasteiger partial charge is 0.504 e. The van der Waals surface area contributed by atoms with E-state index in [1.807, 2.05) is 0 Å². The molecule has 0 atom stereocenters. The summed E-state index contributed by atoms with van der Waals surface area (Å²) in [7, 11) is 0. The molecule has 0 saturated heterocycles. The molecule has 0 unspecified atom stereocenters. The van der Waals surface area contributed by atoms with Gasteiger partial charge in [0.15, 0.2) is 11.6 Å².